The fourth-order valence-corrected chi connectivity index (χ4v) is 2.07. The second-order valence-corrected chi connectivity index (χ2v) is 3.91. The number of esters is 2. The standard InChI is InChI=1S/C11H11F3O5/c1-4(15)5-6(9(16)18-2)7(10(17)19-3)8(5)11(12,13)14/h5-6H,1-3H3/t5-,6-/m1/s1. The summed E-state index contributed by atoms with van der Waals surface area (Å²) in [5.74, 6) is -6.52. The molecule has 0 unspecified atom stereocenters. The quantitative estimate of drug-likeness (QED) is 0.722. The van der Waals surface area contributed by atoms with Gasteiger partial charge in [-0.1, -0.05) is 0 Å². The van der Waals surface area contributed by atoms with Gasteiger partial charge in [0.2, 0.25) is 0 Å². The van der Waals surface area contributed by atoms with Crippen molar-refractivity contribution in [1.29, 1.82) is 0 Å². The molecule has 19 heavy (non-hydrogen) atoms. The summed E-state index contributed by atoms with van der Waals surface area (Å²) in [4.78, 5) is 34.1. The Kier molecular flexibility index (Phi) is 4.02. The molecule has 2 atom stereocenters. The first-order valence-electron chi connectivity index (χ1n) is 5.14. The van der Waals surface area contributed by atoms with Gasteiger partial charge in [0.25, 0.3) is 0 Å². The van der Waals surface area contributed by atoms with Crippen LogP contribution in [0.25, 0.3) is 0 Å². The molecule has 0 N–H and O–H groups in total. The fourth-order valence-electron chi connectivity index (χ4n) is 2.07. The van der Waals surface area contributed by atoms with Crippen molar-refractivity contribution in [2.75, 3.05) is 14.2 Å². The van der Waals surface area contributed by atoms with Crippen molar-refractivity contribution >= 4 is 17.7 Å². The van der Waals surface area contributed by atoms with Crippen LogP contribution in [0.1, 0.15) is 6.92 Å². The first-order valence-corrected chi connectivity index (χ1v) is 5.14. The van der Waals surface area contributed by atoms with Crippen LogP contribution in [0.3, 0.4) is 0 Å². The molecule has 1 rings (SSSR count). The second-order valence-electron chi connectivity index (χ2n) is 3.91. The summed E-state index contributed by atoms with van der Waals surface area (Å²) >= 11 is 0. The van der Waals surface area contributed by atoms with Crippen molar-refractivity contribution in [2.45, 2.75) is 13.1 Å². The lowest BCUT2D eigenvalue weighted by Gasteiger charge is -2.37. The first-order chi connectivity index (χ1) is 8.66. The number of rotatable bonds is 3. The van der Waals surface area contributed by atoms with Gasteiger partial charge < -0.3 is 9.47 Å². The smallest absolute Gasteiger partial charge is 0.413 e. The molecule has 0 aliphatic heterocycles. The van der Waals surface area contributed by atoms with Crippen LogP contribution in [0.15, 0.2) is 11.1 Å². The van der Waals surface area contributed by atoms with Gasteiger partial charge >= 0.3 is 18.1 Å². The Balaban J connectivity index is 3.40. The molecule has 0 amide bonds. The molecular formula is C11H11F3O5. The van der Waals surface area contributed by atoms with E-state index in [1.807, 2.05) is 0 Å². The third kappa shape index (κ3) is 2.47. The molecule has 1 aliphatic carbocycles. The van der Waals surface area contributed by atoms with E-state index in [4.69, 9.17) is 0 Å². The molecule has 8 heteroatoms. The minimum absolute atomic E-state index is 0.859. The molecule has 0 spiro atoms. The molecule has 0 aromatic heterocycles. The van der Waals surface area contributed by atoms with Gasteiger partial charge in [0.15, 0.2) is 0 Å². The Labute approximate surface area is 106 Å². The van der Waals surface area contributed by atoms with Gasteiger partial charge in [-0.25, -0.2) is 4.79 Å². The molecule has 0 heterocycles. The number of alkyl halides is 3. The summed E-state index contributed by atoms with van der Waals surface area (Å²) in [6.45, 7) is 0.917. The van der Waals surface area contributed by atoms with Crippen molar-refractivity contribution in [3.63, 3.8) is 0 Å². The number of Topliss-reactive ketones (excluding diaryl/α,β-unsaturated/α-hetero) is 1. The van der Waals surface area contributed by atoms with Crippen molar-refractivity contribution in [2.24, 2.45) is 11.8 Å². The van der Waals surface area contributed by atoms with Gasteiger partial charge in [-0.2, -0.15) is 13.2 Å². The van der Waals surface area contributed by atoms with Crippen LogP contribution in [-0.4, -0.2) is 38.1 Å². The zero-order valence-electron chi connectivity index (χ0n) is 10.3. The molecule has 0 aromatic rings. The lowest BCUT2D eigenvalue weighted by atomic mass is 9.65. The zero-order valence-corrected chi connectivity index (χ0v) is 10.3. The van der Waals surface area contributed by atoms with Gasteiger partial charge in [-0.3, -0.25) is 9.59 Å². The number of ketones is 1. The average Bonchev–Trinajstić information content (AvgIpc) is 2.24. The molecule has 1 aliphatic rings. The van der Waals surface area contributed by atoms with E-state index in [-0.39, 0.29) is 0 Å². The number of allylic oxidation sites excluding steroid dienone is 1. The third-order valence-electron chi connectivity index (χ3n) is 2.85. The average molecular weight is 280 g/mol. The van der Waals surface area contributed by atoms with Crippen LogP contribution in [-0.2, 0) is 23.9 Å². The van der Waals surface area contributed by atoms with Crippen LogP contribution in [0.5, 0.6) is 0 Å². The zero-order chi connectivity index (χ0) is 15.0. The lowest BCUT2D eigenvalue weighted by molar-refractivity contribution is -0.159. The molecule has 0 saturated heterocycles. The SMILES string of the molecule is COC(=O)C1=C(C(F)(F)F)[C@H](C(C)=O)[C@H]1C(=O)OC. The van der Waals surface area contributed by atoms with Gasteiger partial charge in [0, 0.05) is 0 Å². The number of hydrogen-bond acceptors (Lipinski definition) is 5. The van der Waals surface area contributed by atoms with Crippen LogP contribution < -0.4 is 0 Å². The van der Waals surface area contributed by atoms with Gasteiger partial charge in [0.1, 0.15) is 11.7 Å². The van der Waals surface area contributed by atoms with Crippen LogP contribution in [0.2, 0.25) is 0 Å². The molecule has 0 bridgehead atoms. The molecular weight excluding hydrogens is 269 g/mol. The van der Waals surface area contributed by atoms with Crippen molar-refractivity contribution < 1.29 is 37.0 Å². The summed E-state index contributed by atoms with van der Waals surface area (Å²) in [6, 6.07) is 0. The third-order valence-corrected chi connectivity index (χ3v) is 2.85. The maximum atomic E-state index is 12.8. The van der Waals surface area contributed by atoms with Crippen molar-refractivity contribution in [1.82, 2.24) is 0 Å². The molecule has 5 nitrogen and oxygen atoms in total. The highest BCUT2D eigenvalue weighted by Gasteiger charge is 2.60. The Morgan fingerprint density at radius 2 is 1.58 bits per heavy atom. The normalized spacial score (nSPS) is 22.6. The second kappa shape index (κ2) is 5.02. The summed E-state index contributed by atoms with van der Waals surface area (Å²) in [5.41, 5.74) is -2.19. The molecule has 0 aromatic carbocycles. The van der Waals surface area contributed by atoms with Crippen molar-refractivity contribution in [3.05, 3.63) is 11.1 Å². The molecule has 106 valence electrons. The largest absolute Gasteiger partial charge is 0.469 e. The van der Waals surface area contributed by atoms with E-state index in [9.17, 15) is 27.6 Å². The van der Waals surface area contributed by atoms with Crippen LogP contribution in [0, 0.1) is 11.8 Å². The number of halogens is 3. The summed E-state index contributed by atoms with van der Waals surface area (Å²) < 4.78 is 47.0. The van der Waals surface area contributed by atoms with E-state index in [0.717, 1.165) is 21.1 Å². The van der Waals surface area contributed by atoms with Gasteiger partial charge in [-0.05, 0) is 6.92 Å². The van der Waals surface area contributed by atoms with E-state index in [1.165, 1.54) is 0 Å². The Bertz CT molecular complexity index is 463. The minimum Gasteiger partial charge on any atom is -0.469 e. The maximum absolute atomic E-state index is 12.8. The van der Waals surface area contributed by atoms with E-state index in [1.54, 1.807) is 0 Å². The highest BCUT2D eigenvalue weighted by atomic mass is 19.4. The summed E-state index contributed by atoms with van der Waals surface area (Å²) in [6.07, 6.45) is -4.88. The monoisotopic (exact) mass is 280 g/mol. The predicted molar refractivity (Wildman–Crippen MR) is 54.8 cm³/mol. The van der Waals surface area contributed by atoms with E-state index >= 15 is 0 Å². The van der Waals surface area contributed by atoms with Crippen LogP contribution >= 0.6 is 0 Å². The van der Waals surface area contributed by atoms with E-state index in [2.05, 4.69) is 9.47 Å². The lowest BCUT2D eigenvalue weighted by Crippen LogP contribution is -2.48. The Morgan fingerprint density at radius 1 is 1.05 bits per heavy atom. The maximum Gasteiger partial charge on any atom is 0.413 e. The Morgan fingerprint density at radius 3 is 1.89 bits per heavy atom. The summed E-state index contributed by atoms with van der Waals surface area (Å²) in [5, 5.41) is 0. The number of carbonyl (C=O) groups is 3. The van der Waals surface area contributed by atoms with Gasteiger partial charge in [-0.15, -0.1) is 0 Å². The molecule has 0 fully saturated rings. The van der Waals surface area contributed by atoms with E-state index < -0.39 is 46.9 Å². The highest BCUT2D eigenvalue weighted by Crippen LogP contribution is 2.50. The predicted octanol–water partition coefficient (Wildman–Crippen LogP) is 1.03. The highest BCUT2D eigenvalue weighted by molar-refractivity contribution is 6.05. The number of methoxy groups -OCH3 is 2. The van der Waals surface area contributed by atoms with E-state index in [0.29, 0.717) is 0 Å². The number of ether oxygens (including phenoxy) is 2. The minimum atomic E-state index is -4.88. The number of carbonyl (C=O) groups excluding carboxylic acids is 3. The fraction of sp³-hybridized carbons (Fsp3) is 0.545. The number of hydrogen-bond donors (Lipinski definition) is 0. The topological polar surface area (TPSA) is 69.7 Å². The van der Waals surface area contributed by atoms with Gasteiger partial charge in [0.05, 0.1) is 31.3 Å². The van der Waals surface area contributed by atoms with Crippen LogP contribution in [0.4, 0.5) is 13.2 Å². The first kappa shape index (κ1) is 15.2. The Hall–Kier alpha value is -1.86. The molecule has 0 radical (unpaired) electrons. The summed E-state index contributed by atoms with van der Waals surface area (Å²) in [7, 11) is 1.85. The van der Waals surface area contributed by atoms with Crippen molar-refractivity contribution in [3.8, 4) is 0 Å². The molecule has 0 saturated carbocycles.